The highest BCUT2D eigenvalue weighted by atomic mass is 35.5. The molecule has 3 rings (SSSR count). The Hall–Kier alpha value is -2.09. The van der Waals surface area contributed by atoms with Crippen LogP contribution in [0.3, 0.4) is 0 Å². The first-order valence-electron chi connectivity index (χ1n) is 7.75. The van der Waals surface area contributed by atoms with Crippen molar-refractivity contribution in [3.8, 4) is 5.69 Å². The lowest BCUT2D eigenvalue weighted by Gasteiger charge is -2.14. The first kappa shape index (κ1) is 18.7. The molecule has 2 aromatic carbocycles. The number of hydrogen-bond donors (Lipinski definition) is 1. The fourth-order valence-corrected chi connectivity index (χ4v) is 3.31. The lowest BCUT2D eigenvalue weighted by atomic mass is 10.1. The van der Waals surface area contributed by atoms with E-state index >= 15 is 0 Å². The summed E-state index contributed by atoms with van der Waals surface area (Å²) < 4.78 is 1.56. The van der Waals surface area contributed by atoms with E-state index in [1.807, 2.05) is 37.3 Å². The van der Waals surface area contributed by atoms with Crippen LogP contribution in [0.25, 0.3) is 5.69 Å². The maximum atomic E-state index is 12.2. The number of amides is 1. The summed E-state index contributed by atoms with van der Waals surface area (Å²) in [6, 6.07) is 14.4. The molecule has 1 amide bonds. The maximum Gasteiger partial charge on any atom is 0.230 e. The molecule has 0 aliphatic rings. The molecule has 1 atom stereocenters. The number of thioether (sulfide) groups is 1. The molecular weight excluding hydrogens is 393 g/mol. The van der Waals surface area contributed by atoms with Crippen molar-refractivity contribution >= 4 is 40.9 Å². The number of tetrazole rings is 1. The lowest BCUT2D eigenvalue weighted by molar-refractivity contribution is -0.119. The fourth-order valence-electron chi connectivity index (χ4n) is 2.29. The molecule has 0 fully saturated rings. The van der Waals surface area contributed by atoms with Crippen LogP contribution in [-0.4, -0.2) is 31.9 Å². The summed E-state index contributed by atoms with van der Waals surface area (Å²) in [5, 5.41) is 16.3. The van der Waals surface area contributed by atoms with Crippen LogP contribution in [0.2, 0.25) is 10.0 Å². The van der Waals surface area contributed by atoms with Crippen LogP contribution in [-0.2, 0) is 4.79 Å². The Labute approximate surface area is 164 Å². The van der Waals surface area contributed by atoms with Crippen molar-refractivity contribution in [2.75, 3.05) is 5.75 Å². The van der Waals surface area contributed by atoms with Crippen LogP contribution in [0.5, 0.6) is 0 Å². The predicted octanol–water partition coefficient (Wildman–Crippen LogP) is 3.94. The number of halogens is 2. The summed E-state index contributed by atoms with van der Waals surface area (Å²) in [7, 11) is 0. The fraction of sp³-hybridized carbons (Fsp3) is 0.176. The van der Waals surface area contributed by atoms with Crippen molar-refractivity contribution in [2.24, 2.45) is 0 Å². The average molecular weight is 408 g/mol. The third-order valence-electron chi connectivity index (χ3n) is 3.57. The van der Waals surface area contributed by atoms with Gasteiger partial charge in [0.2, 0.25) is 11.1 Å². The molecule has 1 N–H and O–H groups in total. The Bertz CT molecular complexity index is 900. The van der Waals surface area contributed by atoms with Crippen LogP contribution in [0.1, 0.15) is 18.5 Å². The quantitative estimate of drug-likeness (QED) is 0.626. The molecule has 9 heteroatoms. The first-order chi connectivity index (χ1) is 12.5. The highest BCUT2D eigenvalue weighted by Crippen LogP contribution is 2.21. The number of carbonyl (C=O) groups is 1. The Morgan fingerprint density at radius 2 is 1.96 bits per heavy atom. The van der Waals surface area contributed by atoms with Crippen LogP contribution in [0, 0.1) is 0 Å². The number of carbonyl (C=O) groups excluding carboxylic acids is 1. The second-order valence-corrected chi connectivity index (χ2v) is 7.30. The monoisotopic (exact) mass is 407 g/mol. The second-order valence-electron chi connectivity index (χ2n) is 5.48. The minimum absolute atomic E-state index is 0.117. The van der Waals surface area contributed by atoms with Gasteiger partial charge in [-0.3, -0.25) is 4.79 Å². The van der Waals surface area contributed by atoms with Gasteiger partial charge in [0.15, 0.2) is 0 Å². The van der Waals surface area contributed by atoms with Crippen molar-refractivity contribution in [1.82, 2.24) is 25.5 Å². The van der Waals surface area contributed by atoms with E-state index in [4.69, 9.17) is 23.2 Å². The van der Waals surface area contributed by atoms with Gasteiger partial charge in [-0.25, -0.2) is 0 Å². The summed E-state index contributed by atoms with van der Waals surface area (Å²) in [6.45, 7) is 1.91. The molecule has 0 aliphatic heterocycles. The number of nitrogens with zero attached hydrogens (tertiary/aromatic N) is 4. The summed E-state index contributed by atoms with van der Waals surface area (Å²) in [6.07, 6.45) is 0. The average Bonchev–Trinajstić information content (AvgIpc) is 3.09. The molecule has 6 nitrogen and oxygen atoms in total. The van der Waals surface area contributed by atoms with E-state index in [1.165, 1.54) is 11.8 Å². The van der Waals surface area contributed by atoms with Crippen LogP contribution in [0.15, 0.2) is 53.7 Å². The lowest BCUT2D eigenvalue weighted by Crippen LogP contribution is -2.28. The molecule has 26 heavy (non-hydrogen) atoms. The SMILES string of the molecule is C[C@H](NC(=O)CSc1nnnn1-c1ccc(Cl)cc1)c1cccc(Cl)c1. The molecule has 134 valence electrons. The van der Waals surface area contributed by atoms with Gasteiger partial charge in [0, 0.05) is 10.0 Å². The minimum atomic E-state index is -0.144. The van der Waals surface area contributed by atoms with Gasteiger partial charge in [-0.2, -0.15) is 4.68 Å². The Morgan fingerprint density at radius 3 is 2.69 bits per heavy atom. The van der Waals surface area contributed by atoms with Gasteiger partial charge in [-0.1, -0.05) is 47.1 Å². The number of aromatic nitrogens is 4. The third kappa shape index (κ3) is 4.75. The van der Waals surface area contributed by atoms with Gasteiger partial charge in [0.25, 0.3) is 0 Å². The summed E-state index contributed by atoms with van der Waals surface area (Å²) in [5.41, 5.74) is 1.72. The van der Waals surface area contributed by atoms with Gasteiger partial charge < -0.3 is 5.32 Å². The largest absolute Gasteiger partial charge is 0.349 e. The molecule has 1 heterocycles. The molecule has 0 unspecified atom stereocenters. The first-order valence-corrected chi connectivity index (χ1v) is 9.49. The number of benzene rings is 2. The van der Waals surface area contributed by atoms with Crippen LogP contribution >= 0.6 is 35.0 Å². The van der Waals surface area contributed by atoms with Crippen LogP contribution in [0.4, 0.5) is 0 Å². The Morgan fingerprint density at radius 1 is 1.19 bits per heavy atom. The van der Waals surface area contributed by atoms with Crippen molar-refractivity contribution < 1.29 is 4.79 Å². The number of rotatable bonds is 6. The zero-order valence-electron chi connectivity index (χ0n) is 13.8. The van der Waals surface area contributed by atoms with E-state index in [-0.39, 0.29) is 17.7 Å². The molecule has 0 saturated heterocycles. The predicted molar refractivity (Wildman–Crippen MR) is 103 cm³/mol. The molecule has 0 radical (unpaired) electrons. The van der Waals surface area contributed by atoms with Crippen LogP contribution < -0.4 is 5.32 Å². The van der Waals surface area contributed by atoms with E-state index in [0.717, 1.165) is 11.3 Å². The van der Waals surface area contributed by atoms with Gasteiger partial charge in [-0.15, -0.1) is 5.10 Å². The van der Waals surface area contributed by atoms with Crippen molar-refractivity contribution in [1.29, 1.82) is 0 Å². The van der Waals surface area contributed by atoms with Gasteiger partial charge in [0.1, 0.15) is 0 Å². The molecule has 0 saturated carbocycles. The summed E-state index contributed by atoms with van der Waals surface area (Å²) in [5.74, 6) is 0.0759. The molecule has 3 aromatic rings. The smallest absolute Gasteiger partial charge is 0.230 e. The highest BCUT2D eigenvalue weighted by molar-refractivity contribution is 7.99. The summed E-state index contributed by atoms with van der Waals surface area (Å²) >= 11 is 13.1. The minimum Gasteiger partial charge on any atom is -0.349 e. The maximum absolute atomic E-state index is 12.2. The van der Waals surface area contributed by atoms with Crippen molar-refractivity contribution in [3.63, 3.8) is 0 Å². The molecule has 0 aliphatic carbocycles. The standard InChI is InChI=1S/C17H15Cl2N5OS/c1-11(12-3-2-4-14(19)9-12)20-16(25)10-26-17-21-22-23-24(17)15-7-5-13(18)6-8-15/h2-9,11H,10H2,1H3,(H,20,25)/t11-/m0/s1. The van der Waals surface area contributed by atoms with E-state index < -0.39 is 0 Å². The van der Waals surface area contributed by atoms with E-state index in [2.05, 4.69) is 20.8 Å². The van der Waals surface area contributed by atoms with Gasteiger partial charge in [0.05, 0.1) is 17.5 Å². The van der Waals surface area contributed by atoms with Crippen molar-refractivity contribution in [3.05, 3.63) is 64.1 Å². The highest BCUT2D eigenvalue weighted by Gasteiger charge is 2.14. The zero-order chi connectivity index (χ0) is 18.5. The zero-order valence-corrected chi connectivity index (χ0v) is 16.1. The van der Waals surface area contributed by atoms with Crippen molar-refractivity contribution in [2.45, 2.75) is 18.1 Å². The normalized spacial score (nSPS) is 12.0. The summed E-state index contributed by atoms with van der Waals surface area (Å²) in [4.78, 5) is 12.2. The van der Waals surface area contributed by atoms with Gasteiger partial charge >= 0.3 is 0 Å². The Kier molecular flexibility index (Phi) is 6.13. The number of hydrogen-bond acceptors (Lipinski definition) is 5. The third-order valence-corrected chi connectivity index (χ3v) is 4.98. The van der Waals surface area contributed by atoms with E-state index in [9.17, 15) is 4.79 Å². The molecular formula is C17H15Cl2N5OS. The van der Waals surface area contributed by atoms with E-state index in [0.29, 0.717) is 15.2 Å². The molecule has 0 bridgehead atoms. The Balaban J connectivity index is 1.60. The number of nitrogens with one attached hydrogen (secondary N) is 1. The molecule has 1 aromatic heterocycles. The topological polar surface area (TPSA) is 72.7 Å². The molecule has 0 spiro atoms. The second kappa shape index (κ2) is 8.53. The van der Waals surface area contributed by atoms with E-state index in [1.54, 1.807) is 22.9 Å². The van der Waals surface area contributed by atoms with Gasteiger partial charge in [-0.05, 0) is 59.3 Å².